The number of hydrogen-bond acceptors (Lipinski definition) is 8. The summed E-state index contributed by atoms with van der Waals surface area (Å²) in [5.74, 6) is -0.105. The van der Waals surface area contributed by atoms with Crippen LogP contribution in [0.2, 0.25) is 5.02 Å². The van der Waals surface area contributed by atoms with E-state index in [1.165, 1.54) is 11.3 Å². The number of rotatable bonds is 8. The van der Waals surface area contributed by atoms with Gasteiger partial charge in [-0.15, -0.1) is 24.5 Å². The molecule has 3 fully saturated rings. The zero-order valence-corrected chi connectivity index (χ0v) is 27.9. The summed E-state index contributed by atoms with van der Waals surface area (Å²) < 4.78 is 52.0. The van der Waals surface area contributed by atoms with Gasteiger partial charge in [-0.3, -0.25) is 24.0 Å². The van der Waals surface area contributed by atoms with Crippen LogP contribution in [0.4, 0.5) is 13.2 Å². The van der Waals surface area contributed by atoms with Crippen molar-refractivity contribution in [1.82, 2.24) is 19.4 Å². The Hall–Kier alpha value is -3.52. The highest BCUT2D eigenvalue weighted by atomic mass is 35.5. The van der Waals surface area contributed by atoms with E-state index in [-0.39, 0.29) is 42.3 Å². The number of alkyl halides is 3. The number of carbonyl (C=O) groups is 1. The molecule has 8 rings (SSSR count). The van der Waals surface area contributed by atoms with Gasteiger partial charge in [-0.2, -0.15) is 0 Å². The van der Waals surface area contributed by atoms with Crippen molar-refractivity contribution in [3.63, 3.8) is 0 Å². The van der Waals surface area contributed by atoms with Gasteiger partial charge in [0.05, 0.1) is 34.1 Å². The molecule has 4 atom stereocenters. The quantitative estimate of drug-likeness (QED) is 0.213. The first-order chi connectivity index (χ1) is 22.9. The predicted molar refractivity (Wildman–Crippen MR) is 175 cm³/mol. The van der Waals surface area contributed by atoms with Crippen LogP contribution < -0.4 is 10.3 Å². The molecule has 0 amide bonds. The molecular weight excluding hydrogens is 669 g/mol. The molecule has 2 saturated heterocycles. The van der Waals surface area contributed by atoms with Crippen LogP contribution >= 0.6 is 22.9 Å². The van der Waals surface area contributed by atoms with Crippen molar-refractivity contribution in [2.24, 2.45) is 5.92 Å². The van der Waals surface area contributed by atoms with Gasteiger partial charge in [0.1, 0.15) is 18.2 Å². The van der Waals surface area contributed by atoms with E-state index in [0.717, 1.165) is 30.5 Å². The summed E-state index contributed by atoms with van der Waals surface area (Å²) in [6, 6.07) is 7.19. The van der Waals surface area contributed by atoms with E-state index in [0.29, 0.717) is 69.4 Å². The van der Waals surface area contributed by atoms with Crippen LogP contribution in [0.15, 0.2) is 34.4 Å². The fraction of sp³-hybridized carbons (Fsp3) is 0.471. The highest BCUT2D eigenvalue weighted by Gasteiger charge is 2.47. The van der Waals surface area contributed by atoms with Gasteiger partial charge in [-0.1, -0.05) is 11.6 Å². The van der Waals surface area contributed by atoms with Gasteiger partial charge < -0.3 is 9.84 Å². The normalized spacial score (nSPS) is 22.6. The Labute approximate surface area is 283 Å². The first-order valence-corrected chi connectivity index (χ1v) is 17.3. The molecule has 4 aliphatic rings. The first kappa shape index (κ1) is 33.0. The Kier molecular flexibility index (Phi) is 8.76. The molecule has 1 aromatic carbocycles. The molecule has 1 saturated carbocycles. The van der Waals surface area contributed by atoms with Crippen LogP contribution in [0.3, 0.4) is 0 Å². The highest BCUT2D eigenvalue weighted by Crippen LogP contribution is 2.42. The molecule has 254 valence electrons. The van der Waals surface area contributed by atoms with Crippen molar-refractivity contribution in [2.75, 3.05) is 13.2 Å². The van der Waals surface area contributed by atoms with Gasteiger partial charge in [0.25, 0.3) is 5.56 Å². The summed E-state index contributed by atoms with van der Waals surface area (Å²) in [4.78, 5) is 37.3. The third-order valence-electron chi connectivity index (χ3n) is 9.95. The molecule has 5 heterocycles. The van der Waals surface area contributed by atoms with Crippen LogP contribution in [0.1, 0.15) is 58.8 Å². The number of carboxylic acids is 1. The lowest BCUT2D eigenvalue weighted by atomic mass is 9.75. The van der Waals surface area contributed by atoms with Gasteiger partial charge in [0.2, 0.25) is 0 Å². The Morgan fingerprint density at radius 2 is 1.94 bits per heavy atom. The summed E-state index contributed by atoms with van der Waals surface area (Å²) in [7, 11) is 0. The van der Waals surface area contributed by atoms with E-state index < -0.39 is 18.4 Å². The fourth-order valence-corrected chi connectivity index (χ4v) is 8.98. The number of thiophene rings is 1. The first-order valence-electron chi connectivity index (χ1n) is 16.0. The topological polar surface area (TPSA) is 107 Å². The van der Waals surface area contributed by atoms with Crippen molar-refractivity contribution in [1.29, 1.82) is 0 Å². The largest absolute Gasteiger partial charge is 0.522 e. The second kappa shape index (κ2) is 12.7. The summed E-state index contributed by atoms with van der Waals surface area (Å²) in [6.07, 6.45) is -1.58. The molecule has 2 aliphatic heterocycles. The van der Waals surface area contributed by atoms with E-state index in [9.17, 15) is 27.9 Å². The molecule has 14 heteroatoms. The number of halogens is 4. The van der Waals surface area contributed by atoms with E-state index in [4.69, 9.17) is 21.3 Å². The maximum absolute atomic E-state index is 13.9. The number of aromatic nitrogens is 3. The summed E-state index contributed by atoms with van der Waals surface area (Å²) >= 11 is 7.69. The van der Waals surface area contributed by atoms with Crippen molar-refractivity contribution in [2.45, 2.75) is 83.5 Å². The van der Waals surface area contributed by atoms with Crippen molar-refractivity contribution in [3.05, 3.63) is 73.4 Å². The molecule has 9 nitrogen and oxygen atoms in total. The highest BCUT2D eigenvalue weighted by molar-refractivity contribution is 7.18. The summed E-state index contributed by atoms with van der Waals surface area (Å²) in [5.41, 5.74) is 3.96. The number of pyridine rings is 1. The number of benzene rings is 1. The van der Waals surface area contributed by atoms with Crippen LogP contribution in [-0.2, 0) is 24.1 Å². The van der Waals surface area contributed by atoms with E-state index in [1.807, 2.05) is 6.07 Å². The van der Waals surface area contributed by atoms with E-state index in [2.05, 4.69) is 14.6 Å². The van der Waals surface area contributed by atoms with E-state index >= 15 is 0 Å². The number of piperidine rings is 2. The second-order valence-corrected chi connectivity index (χ2v) is 14.2. The third kappa shape index (κ3) is 6.33. The molecule has 0 radical (unpaired) electrons. The average molecular weight is 703 g/mol. The van der Waals surface area contributed by atoms with Crippen LogP contribution in [0.25, 0.3) is 21.3 Å². The van der Waals surface area contributed by atoms with E-state index in [1.54, 1.807) is 42.0 Å². The van der Waals surface area contributed by atoms with Crippen molar-refractivity contribution in [3.8, 4) is 16.9 Å². The molecule has 1 unspecified atom stereocenters. The number of aromatic carboxylic acids is 1. The number of carboxylic acid groups (broad SMARTS) is 1. The Morgan fingerprint density at radius 3 is 2.67 bits per heavy atom. The number of hydrogen-bond donors (Lipinski definition) is 1. The zero-order chi connectivity index (χ0) is 33.9. The zero-order valence-electron chi connectivity index (χ0n) is 26.3. The molecule has 2 bridgehead atoms. The number of aryl methyl sites for hydroxylation is 3. The van der Waals surface area contributed by atoms with Crippen molar-refractivity contribution >= 4 is 39.1 Å². The molecular formula is C34H34ClF3N4O5S. The number of fused-ring (bicyclic) bond motifs is 5. The maximum Gasteiger partial charge on any atom is 0.522 e. The van der Waals surface area contributed by atoms with Gasteiger partial charge in [-0.25, -0.2) is 9.78 Å². The standard InChI is InChI=1S/C34H34ClF3N4O5S/c1-17-11-24(31-30(39-17)26(16-48-31)33(44)45)23-12-20(35)4-8-28(23)46-10-9-41-18(2)40-27-7-6-21(13-25(27)32(41)43)42-15-19-3-5-22(42)14-29(19)47-34(36,37)38/h4,8,11-12,16,19,21-22,29H,3,5-7,9-10,13-15H2,1-2H3,(H,44,45)/t19-,21-,22-,29?/m0/s1. The van der Waals surface area contributed by atoms with Crippen molar-refractivity contribution < 1.29 is 32.5 Å². The molecule has 3 aromatic heterocycles. The molecule has 1 N–H and O–H groups in total. The minimum Gasteiger partial charge on any atom is -0.491 e. The Balaban J connectivity index is 1.09. The van der Waals surface area contributed by atoms with Crippen LogP contribution in [-0.4, -0.2) is 68.2 Å². The smallest absolute Gasteiger partial charge is 0.491 e. The van der Waals surface area contributed by atoms with Gasteiger partial charge in [-0.05, 0) is 82.6 Å². The van der Waals surface area contributed by atoms with Crippen LogP contribution in [0.5, 0.6) is 5.75 Å². The lowest BCUT2D eigenvalue weighted by Gasteiger charge is -2.52. The monoisotopic (exact) mass is 702 g/mol. The minimum absolute atomic E-state index is 0.00631. The fourth-order valence-electron chi connectivity index (χ4n) is 7.79. The second-order valence-electron chi connectivity index (χ2n) is 12.9. The molecule has 48 heavy (non-hydrogen) atoms. The molecule has 4 aromatic rings. The predicted octanol–water partition coefficient (Wildman–Crippen LogP) is 6.81. The SMILES string of the molecule is Cc1cc(-c2cc(Cl)ccc2OCCn2c(C)nc3c(c2=O)C[C@@H](N2C[C@@H]4CC[C@H]2CC4OC(F)(F)F)CC3)c2scc(C(=O)O)c2n1. The maximum atomic E-state index is 13.9. The minimum atomic E-state index is -4.63. The summed E-state index contributed by atoms with van der Waals surface area (Å²) in [6.45, 7) is 4.56. The number of nitrogens with zero attached hydrogens (tertiary/aromatic N) is 4. The van der Waals surface area contributed by atoms with Gasteiger partial charge >= 0.3 is 12.3 Å². The lowest BCUT2D eigenvalue weighted by Crippen LogP contribution is -2.59. The van der Waals surface area contributed by atoms with Gasteiger partial charge in [0.15, 0.2) is 0 Å². The lowest BCUT2D eigenvalue weighted by molar-refractivity contribution is -0.356. The number of ether oxygens (including phenoxy) is 2. The third-order valence-corrected chi connectivity index (χ3v) is 11.2. The van der Waals surface area contributed by atoms with Gasteiger partial charge in [0, 0.05) is 51.4 Å². The average Bonchev–Trinajstić information content (AvgIpc) is 3.46. The Bertz CT molecular complexity index is 1960. The molecule has 2 aliphatic carbocycles. The molecule has 0 spiro atoms. The van der Waals surface area contributed by atoms with Crippen LogP contribution in [0, 0.1) is 19.8 Å². The summed E-state index contributed by atoms with van der Waals surface area (Å²) in [5, 5.41) is 11.7. The Morgan fingerprint density at radius 1 is 1.12 bits per heavy atom.